The zero-order valence-corrected chi connectivity index (χ0v) is 30.1. The van der Waals surface area contributed by atoms with Gasteiger partial charge in [-0.3, -0.25) is 0 Å². The number of fused-ring (bicyclic) bond motifs is 1. The van der Waals surface area contributed by atoms with Crippen LogP contribution in [0.15, 0.2) is 91.3 Å². The second kappa shape index (κ2) is 16.1. The van der Waals surface area contributed by atoms with E-state index in [4.69, 9.17) is 28.4 Å². The third kappa shape index (κ3) is 8.13. The molecule has 2 saturated heterocycles. The molecule has 0 saturated carbocycles. The molecule has 0 bridgehead atoms. The van der Waals surface area contributed by atoms with E-state index in [0.29, 0.717) is 33.9 Å². The van der Waals surface area contributed by atoms with Crippen LogP contribution in [0.25, 0.3) is 11.4 Å². The lowest BCUT2D eigenvalue weighted by Crippen LogP contribution is -2.63. The Hall–Kier alpha value is -4.46. The van der Waals surface area contributed by atoms with Crippen molar-refractivity contribution in [3.8, 4) is 11.4 Å². The van der Waals surface area contributed by atoms with Crippen molar-refractivity contribution < 1.29 is 48.8 Å². The summed E-state index contributed by atoms with van der Waals surface area (Å²) >= 11 is 0. The van der Waals surface area contributed by atoms with Crippen LogP contribution in [0.2, 0.25) is 0 Å². The maximum atomic E-state index is 10.2. The molecule has 4 heterocycles. The van der Waals surface area contributed by atoms with Gasteiger partial charge in [0.15, 0.2) is 24.2 Å². The van der Waals surface area contributed by atoms with Crippen LogP contribution in [0.1, 0.15) is 61.1 Å². The van der Waals surface area contributed by atoms with Crippen LogP contribution in [0, 0.1) is 0 Å². The van der Waals surface area contributed by atoms with Gasteiger partial charge in [-0.15, -0.1) is 10.2 Å². The maximum absolute atomic E-state index is 10.2. The molecule has 7 rings (SSSR count). The van der Waals surface area contributed by atoms with E-state index in [2.05, 4.69) is 20.6 Å². The molecule has 0 radical (unpaired) electrons. The molecule has 5 aromatic rings. The Balaban J connectivity index is 1.09. The molecule has 6 atom stereocenters. The van der Waals surface area contributed by atoms with E-state index >= 15 is 0 Å². The number of aliphatic hydroxyl groups is 4. The first-order valence-corrected chi connectivity index (χ1v) is 17.8. The van der Waals surface area contributed by atoms with Crippen molar-refractivity contribution in [3.05, 3.63) is 119 Å². The van der Waals surface area contributed by atoms with Crippen LogP contribution >= 0.6 is 0 Å². The van der Waals surface area contributed by atoms with E-state index in [9.17, 15) is 20.4 Å². The molecule has 2 aliphatic heterocycles. The van der Waals surface area contributed by atoms with Crippen LogP contribution in [-0.2, 0) is 53.2 Å². The summed E-state index contributed by atoms with van der Waals surface area (Å²) in [6, 6.07) is 23.0. The van der Waals surface area contributed by atoms with Crippen LogP contribution in [0.4, 0.5) is 0 Å². The fourth-order valence-corrected chi connectivity index (χ4v) is 6.40. The standard InChI is InChI=1S/C38H44N6O10/c1-4-37(45,46)25-11-15-29(16-12-25)43-19-27(39-41-43)21-50-33-32-31(23-52-35(54-32)24-9-7-6-8-10-24)53-36(49-3)34(33)51-22-28-20-44(42-40-28)30-17-13-26(14-18-30)38(47,48)5-2/h6-20,31-36,45-48H,4-5,21-23H2,1-3H3/t31?,32-,33-,34?,35?,36+/m0/s1. The molecule has 286 valence electrons. The summed E-state index contributed by atoms with van der Waals surface area (Å²) in [6.07, 6.45) is -0.439. The van der Waals surface area contributed by atoms with Crippen LogP contribution in [-0.4, -0.2) is 94.8 Å². The first kappa shape index (κ1) is 37.8. The number of nitrogens with zero attached hydrogens (tertiary/aromatic N) is 6. The van der Waals surface area contributed by atoms with Gasteiger partial charge in [0.05, 0.1) is 43.6 Å². The fraction of sp³-hybridized carbons (Fsp3) is 0.421. The zero-order chi connectivity index (χ0) is 37.9. The Kier molecular flexibility index (Phi) is 11.3. The first-order valence-electron chi connectivity index (χ1n) is 17.8. The summed E-state index contributed by atoms with van der Waals surface area (Å²) in [4.78, 5) is 0. The average molecular weight is 745 g/mol. The molecular weight excluding hydrogens is 700 g/mol. The molecule has 2 aromatic heterocycles. The molecule has 3 aromatic carbocycles. The van der Waals surface area contributed by atoms with Crippen LogP contribution < -0.4 is 0 Å². The first-order chi connectivity index (χ1) is 26.1. The minimum Gasteiger partial charge on any atom is -0.366 e. The number of benzene rings is 3. The van der Waals surface area contributed by atoms with E-state index in [1.807, 2.05) is 30.3 Å². The van der Waals surface area contributed by atoms with E-state index in [0.717, 1.165) is 5.56 Å². The van der Waals surface area contributed by atoms with Gasteiger partial charge in [-0.25, -0.2) is 9.36 Å². The topological polar surface area (TPSA) is 198 Å². The summed E-state index contributed by atoms with van der Waals surface area (Å²) in [6.45, 7) is 3.68. The minimum absolute atomic E-state index is 0.0290. The summed E-state index contributed by atoms with van der Waals surface area (Å²) < 4.78 is 40.8. The molecule has 16 heteroatoms. The van der Waals surface area contributed by atoms with Gasteiger partial charge >= 0.3 is 0 Å². The predicted octanol–water partition coefficient (Wildman–Crippen LogP) is 2.90. The number of hydrogen-bond donors (Lipinski definition) is 4. The number of aromatic nitrogens is 6. The SMILES string of the molecule is CCC(O)(O)c1ccc(-n2cc(COC3[C@H](OC)OC4COC(c5ccccc5)O[C@@H]4[C@@H]3OCc3cn(-c4ccc(C(O)(O)CC)cc4)nn3)nn2)cc1. The summed E-state index contributed by atoms with van der Waals surface area (Å²) in [7, 11) is 1.52. The lowest BCUT2D eigenvalue weighted by molar-refractivity contribution is -0.369. The second-order valence-corrected chi connectivity index (χ2v) is 13.2. The van der Waals surface area contributed by atoms with Crippen molar-refractivity contribution in [2.24, 2.45) is 0 Å². The van der Waals surface area contributed by atoms with Gasteiger partial charge in [-0.2, -0.15) is 0 Å². The van der Waals surface area contributed by atoms with Crippen molar-refractivity contribution in [1.29, 1.82) is 0 Å². The van der Waals surface area contributed by atoms with E-state index in [1.54, 1.807) is 84.1 Å². The van der Waals surface area contributed by atoms with Gasteiger partial charge in [0, 0.05) is 36.6 Å². The average Bonchev–Trinajstić information content (AvgIpc) is 3.90. The highest BCUT2D eigenvalue weighted by molar-refractivity contribution is 5.36. The van der Waals surface area contributed by atoms with Crippen molar-refractivity contribution in [1.82, 2.24) is 30.0 Å². The monoisotopic (exact) mass is 744 g/mol. The third-order valence-electron chi connectivity index (χ3n) is 9.69. The normalized spacial score (nSPS) is 23.3. The molecule has 2 fully saturated rings. The van der Waals surface area contributed by atoms with E-state index in [-0.39, 0.29) is 32.7 Å². The van der Waals surface area contributed by atoms with Gasteiger partial charge in [0.25, 0.3) is 0 Å². The van der Waals surface area contributed by atoms with Gasteiger partial charge in [-0.1, -0.05) is 78.9 Å². The minimum atomic E-state index is -1.92. The maximum Gasteiger partial charge on any atom is 0.189 e. The predicted molar refractivity (Wildman–Crippen MR) is 188 cm³/mol. The lowest BCUT2D eigenvalue weighted by atomic mass is 9.97. The van der Waals surface area contributed by atoms with Gasteiger partial charge in [0.1, 0.15) is 35.8 Å². The summed E-state index contributed by atoms with van der Waals surface area (Å²) in [5.74, 6) is -3.83. The highest BCUT2D eigenvalue weighted by atomic mass is 16.8. The Morgan fingerprint density at radius 3 is 1.72 bits per heavy atom. The molecule has 0 amide bonds. The number of methoxy groups -OCH3 is 1. The Bertz CT molecular complexity index is 1950. The molecule has 3 unspecified atom stereocenters. The second-order valence-electron chi connectivity index (χ2n) is 13.2. The Morgan fingerprint density at radius 2 is 1.22 bits per heavy atom. The number of hydrogen-bond acceptors (Lipinski definition) is 14. The highest BCUT2D eigenvalue weighted by Crippen LogP contribution is 2.37. The van der Waals surface area contributed by atoms with Crippen molar-refractivity contribution >= 4 is 0 Å². The van der Waals surface area contributed by atoms with Gasteiger partial charge in [0.2, 0.25) is 0 Å². The van der Waals surface area contributed by atoms with Gasteiger partial charge < -0.3 is 48.8 Å². The largest absolute Gasteiger partial charge is 0.366 e. The quantitative estimate of drug-likeness (QED) is 0.121. The lowest BCUT2D eigenvalue weighted by Gasteiger charge is -2.48. The Labute approximate surface area is 311 Å². The third-order valence-corrected chi connectivity index (χ3v) is 9.69. The fourth-order valence-electron chi connectivity index (χ4n) is 6.40. The number of rotatable bonds is 14. The molecule has 0 aliphatic carbocycles. The smallest absolute Gasteiger partial charge is 0.189 e. The van der Waals surface area contributed by atoms with E-state index in [1.165, 1.54) is 7.11 Å². The van der Waals surface area contributed by atoms with Crippen LogP contribution in [0.3, 0.4) is 0 Å². The molecule has 0 spiro atoms. The van der Waals surface area contributed by atoms with Gasteiger partial charge in [-0.05, 0) is 24.3 Å². The van der Waals surface area contributed by atoms with Crippen molar-refractivity contribution in [2.45, 2.75) is 88.5 Å². The summed E-state index contributed by atoms with van der Waals surface area (Å²) in [5, 5.41) is 57.9. The van der Waals surface area contributed by atoms with Crippen LogP contribution in [0.5, 0.6) is 0 Å². The molecule has 54 heavy (non-hydrogen) atoms. The molecular formula is C38H44N6O10. The molecule has 2 aliphatic rings. The Morgan fingerprint density at radius 1 is 0.704 bits per heavy atom. The van der Waals surface area contributed by atoms with Crippen molar-refractivity contribution in [3.63, 3.8) is 0 Å². The summed E-state index contributed by atoms with van der Waals surface area (Å²) in [5.41, 5.74) is 3.99. The highest BCUT2D eigenvalue weighted by Gasteiger charge is 2.51. The van der Waals surface area contributed by atoms with Crippen molar-refractivity contribution in [2.75, 3.05) is 13.7 Å². The van der Waals surface area contributed by atoms with E-state index < -0.39 is 48.6 Å². The molecule has 4 N–H and O–H groups in total. The molecule has 16 nitrogen and oxygen atoms in total. The number of ether oxygens (including phenoxy) is 6. The zero-order valence-electron chi connectivity index (χ0n) is 30.1.